The van der Waals surface area contributed by atoms with Gasteiger partial charge in [0.2, 0.25) is 0 Å². The molecule has 0 aromatic carbocycles. The van der Waals surface area contributed by atoms with Crippen molar-refractivity contribution in [3.8, 4) is 0 Å². The highest BCUT2D eigenvalue weighted by atomic mass is 16.5. The van der Waals surface area contributed by atoms with Gasteiger partial charge in [-0.05, 0) is 20.8 Å². The molecule has 66 valence electrons. The van der Waals surface area contributed by atoms with Crippen LogP contribution in [0.2, 0.25) is 0 Å². The molecule has 0 aromatic rings. The van der Waals surface area contributed by atoms with Gasteiger partial charge < -0.3 is 15.6 Å². The van der Waals surface area contributed by atoms with Crippen LogP contribution in [-0.2, 0) is 4.74 Å². The maximum Gasteiger partial charge on any atom is 0.110 e. The van der Waals surface area contributed by atoms with Crippen LogP contribution in [0.3, 0.4) is 0 Å². The summed E-state index contributed by atoms with van der Waals surface area (Å²) in [6, 6.07) is -0.236. The van der Waals surface area contributed by atoms with E-state index in [4.69, 9.17) is 10.5 Å². The van der Waals surface area contributed by atoms with Gasteiger partial charge in [-0.2, -0.15) is 0 Å². The minimum Gasteiger partial charge on any atom is -0.385 e. The van der Waals surface area contributed by atoms with Gasteiger partial charge in [0.15, 0.2) is 0 Å². The molecular formula is C8H17NO2. The van der Waals surface area contributed by atoms with E-state index in [0.29, 0.717) is 13.0 Å². The number of hydrogen-bond donors (Lipinski definition) is 2. The lowest BCUT2D eigenvalue weighted by Crippen LogP contribution is -2.57. The topological polar surface area (TPSA) is 55.5 Å². The minimum atomic E-state index is -0.854. The highest BCUT2D eigenvalue weighted by molar-refractivity contribution is 5.04. The molecule has 1 rings (SSSR count). The zero-order valence-corrected chi connectivity index (χ0v) is 7.42. The highest BCUT2D eigenvalue weighted by Crippen LogP contribution is 2.37. The predicted molar refractivity (Wildman–Crippen MR) is 43.2 cm³/mol. The first-order valence-electron chi connectivity index (χ1n) is 4.02. The Morgan fingerprint density at radius 1 is 1.55 bits per heavy atom. The Labute approximate surface area is 67.5 Å². The Kier molecular flexibility index (Phi) is 1.99. The van der Waals surface area contributed by atoms with Crippen molar-refractivity contribution in [2.75, 3.05) is 6.61 Å². The Bertz CT molecular complexity index is 156. The fraction of sp³-hybridized carbons (Fsp3) is 1.00. The smallest absolute Gasteiger partial charge is 0.110 e. The molecule has 0 amide bonds. The summed E-state index contributed by atoms with van der Waals surface area (Å²) in [6.07, 6.45) is 0.637. The van der Waals surface area contributed by atoms with E-state index >= 15 is 0 Å². The van der Waals surface area contributed by atoms with Gasteiger partial charge in [0.05, 0.1) is 12.2 Å². The largest absolute Gasteiger partial charge is 0.385 e. The summed E-state index contributed by atoms with van der Waals surface area (Å²) in [4.78, 5) is 0. The Morgan fingerprint density at radius 2 is 2.09 bits per heavy atom. The molecule has 1 aliphatic rings. The molecule has 3 N–H and O–H groups in total. The van der Waals surface area contributed by atoms with Gasteiger partial charge in [0.25, 0.3) is 0 Å². The summed E-state index contributed by atoms with van der Waals surface area (Å²) in [5.41, 5.74) is 4.32. The van der Waals surface area contributed by atoms with E-state index in [0.717, 1.165) is 0 Å². The van der Waals surface area contributed by atoms with Crippen LogP contribution in [0.15, 0.2) is 0 Å². The van der Waals surface area contributed by atoms with Crippen molar-refractivity contribution in [3.05, 3.63) is 0 Å². The zero-order valence-electron chi connectivity index (χ0n) is 7.42. The number of hydrogen-bond acceptors (Lipinski definition) is 3. The lowest BCUT2D eigenvalue weighted by Gasteiger charge is -2.38. The summed E-state index contributed by atoms with van der Waals surface area (Å²) in [6.45, 7) is 6.17. The van der Waals surface area contributed by atoms with E-state index < -0.39 is 11.2 Å². The monoisotopic (exact) mass is 159 g/mol. The first-order valence-corrected chi connectivity index (χ1v) is 4.02. The van der Waals surface area contributed by atoms with Gasteiger partial charge >= 0.3 is 0 Å². The third kappa shape index (κ3) is 1.17. The van der Waals surface area contributed by atoms with E-state index in [1.54, 1.807) is 0 Å². The minimum absolute atomic E-state index is 0.236. The summed E-state index contributed by atoms with van der Waals surface area (Å²) < 4.78 is 5.39. The Balaban J connectivity index is 2.84. The molecule has 0 saturated carbocycles. The van der Waals surface area contributed by atoms with Crippen LogP contribution >= 0.6 is 0 Å². The van der Waals surface area contributed by atoms with Crippen LogP contribution in [0.1, 0.15) is 27.2 Å². The SMILES string of the molecule is CC(N)C1(O)CCOC1(C)C. The molecule has 1 saturated heterocycles. The number of nitrogens with two attached hydrogens (primary N) is 1. The molecule has 3 nitrogen and oxygen atoms in total. The van der Waals surface area contributed by atoms with Crippen LogP contribution in [0.5, 0.6) is 0 Å². The van der Waals surface area contributed by atoms with Gasteiger partial charge in [-0.25, -0.2) is 0 Å². The molecule has 0 bridgehead atoms. The third-order valence-corrected chi connectivity index (χ3v) is 2.74. The van der Waals surface area contributed by atoms with Crippen molar-refractivity contribution in [2.24, 2.45) is 5.73 Å². The summed E-state index contributed by atoms with van der Waals surface area (Å²) in [5.74, 6) is 0. The second kappa shape index (κ2) is 2.44. The quantitative estimate of drug-likeness (QED) is 0.577. The second-order valence-electron chi connectivity index (χ2n) is 3.82. The van der Waals surface area contributed by atoms with E-state index in [1.807, 2.05) is 20.8 Å². The first-order chi connectivity index (χ1) is 4.90. The normalized spacial score (nSPS) is 39.0. The van der Waals surface area contributed by atoms with Crippen LogP contribution in [0.4, 0.5) is 0 Å². The lowest BCUT2D eigenvalue weighted by atomic mass is 9.80. The zero-order chi connectivity index (χ0) is 8.70. The van der Waals surface area contributed by atoms with Crippen LogP contribution in [0.25, 0.3) is 0 Å². The molecule has 2 unspecified atom stereocenters. The second-order valence-corrected chi connectivity index (χ2v) is 3.82. The molecular weight excluding hydrogens is 142 g/mol. The molecule has 1 fully saturated rings. The van der Waals surface area contributed by atoms with Crippen molar-refractivity contribution in [1.82, 2.24) is 0 Å². The maximum absolute atomic E-state index is 10.0. The third-order valence-electron chi connectivity index (χ3n) is 2.74. The van der Waals surface area contributed by atoms with Gasteiger partial charge in [0.1, 0.15) is 5.60 Å². The molecule has 0 aromatic heterocycles. The van der Waals surface area contributed by atoms with Crippen molar-refractivity contribution in [1.29, 1.82) is 0 Å². The molecule has 1 aliphatic heterocycles. The fourth-order valence-electron chi connectivity index (χ4n) is 1.66. The van der Waals surface area contributed by atoms with Gasteiger partial charge in [0, 0.05) is 12.5 Å². The average Bonchev–Trinajstić information content (AvgIpc) is 2.09. The van der Waals surface area contributed by atoms with Gasteiger partial charge in [-0.3, -0.25) is 0 Å². The van der Waals surface area contributed by atoms with E-state index in [9.17, 15) is 5.11 Å². The maximum atomic E-state index is 10.0. The van der Waals surface area contributed by atoms with E-state index in [-0.39, 0.29) is 6.04 Å². The van der Waals surface area contributed by atoms with Gasteiger partial charge in [-0.15, -0.1) is 0 Å². The predicted octanol–water partition coefficient (Wildman–Crippen LogP) is 0.264. The fourth-order valence-corrected chi connectivity index (χ4v) is 1.66. The highest BCUT2D eigenvalue weighted by Gasteiger charge is 2.51. The molecule has 2 atom stereocenters. The van der Waals surface area contributed by atoms with Crippen molar-refractivity contribution >= 4 is 0 Å². The summed E-state index contributed by atoms with van der Waals surface area (Å²) in [5, 5.41) is 10.0. The lowest BCUT2D eigenvalue weighted by molar-refractivity contribution is -0.107. The van der Waals surface area contributed by atoms with Crippen LogP contribution < -0.4 is 5.73 Å². The van der Waals surface area contributed by atoms with Crippen molar-refractivity contribution in [3.63, 3.8) is 0 Å². The average molecular weight is 159 g/mol. The molecule has 1 heterocycles. The van der Waals surface area contributed by atoms with Crippen LogP contribution in [0, 0.1) is 0 Å². The van der Waals surface area contributed by atoms with Crippen molar-refractivity contribution < 1.29 is 9.84 Å². The standard InChI is InChI=1S/C8H17NO2/c1-6(9)8(10)4-5-11-7(8,2)3/h6,10H,4-5,9H2,1-3H3. The van der Waals surface area contributed by atoms with Crippen LogP contribution in [-0.4, -0.2) is 29.0 Å². The van der Waals surface area contributed by atoms with Gasteiger partial charge in [-0.1, -0.05) is 0 Å². The number of aliphatic hydroxyl groups is 1. The number of ether oxygens (including phenoxy) is 1. The summed E-state index contributed by atoms with van der Waals surface area (Å²) in [7, 11) is 0. The van der Waals surface area contributed by atoms with E-state index in [2.05, 4.69) is 0 Å². The Hall–Kier alpha value is -0.120. The molecule has 0 aliphatic carbocycles. The molecule has 0 spiro atoms. The Morgan fingerprint density at radius 3 is 2.27 bits per heavy atom. The number of rotatable bonds is 1. The molecule has 3 heteroatoms. The van der Waals surface area contributed by atoms with E-state index in [1.165, 1.54) is 0 Å². The first kappa shape index (κ1) is 8.97. The summed E-state index contributed by atoms with van der Waals surface area (Å²) >= 11 is 0. The molecule has 11 heavy (non-hydrogen) atoms. The molecule has 0 radical (unpaired) electrons. The van der Waals surface area contributed by atoms with Crippen molar-refractivity contribution in [2.45, 2.75) is 44.4 Å².